The first-order valence-electron chi connectivity index (χ1n) is 7.47. The Morgan fingerprint density at radius 1 is 1.21 bits per heavy atom. The smallest absolute Gasteiger partial charge is 0.227 e. The lowest BCUT2D eigenvalue weighted by Crippen LogP contribution is -2.57. The lowest BCUT2D eigenvalue weighted by molar-refractivity contribution is -0.132. The molecule has 112 valence electrons. The van der Waals surface area contributed by atoms with Gasteiger partial charge in [0.15, 0.2) is 0 Å². The summed E-state index contributed by atoms with van der Waals surface area (Å²) in [6.07, 6.45) is 3.89. The molecular formula is C15H31N3O. The number of carbonyl (C=O) groups excluding carboxylic acids is 1. The van der Waals surface area contributed by atoms with Crippen LogP contribution in [0, 0.1) is 5.41 Å². The first kappa shape index (κ1) is 16.4. The van der Waals surface area contributed by atoms with Gasteiger partial charge in [0.25, 0.3) is 0 Å². The third kappa shape index (κ3) is 4.18. The Balaban J connectivity index is 2.45. The van der Waals surface area contributed by atoms with Crippen LogP contribution in [0.2, 0.25) is 0 Å². The van der Waals surface area contributed by atoms with Gasteiger partial charge in [-0.15, -0.1) is 0 Å². The van der Waals surface area contributed by atoms with Gasteiger partial charge in [0.2, 0.25) is 5.91 Å². The minimum atomic E-state index is -0.561. The molecule has 0 bridgehead atoms. The average Bonchev–Trinajstić information content (AvgIpc) is 2.35. The second kappa shape index (κ2) is 6.23. The molecule has 0 aromatic carbocycles. The van der Waals surface area contributed by atoms with E-state index in [-0.39, 0.29) is 5.91 Å². The Morgan fingerprint density at radius 3 is 2.21 bits per heavy atom. The molecule has 1 rings (SSSR count). The zero-order valence-electron chi connectivity index (χ0n) is 13.3. The Labute approximate surface area is 118 Å². The van der Waals surface area contributed by atoms with Crippen molar-refractivity contribution in [1.82, 2.24) is 10.2 Å². The van der Waals surface area contributed by atoms with Crippen LogP contribution in [0.4, 0.5) is 0 Å². The number of nitrogens with one attached hydrogen (secondary N) is 1. The summed E-state index contributed by atoms with van der Waals surface area (Å²) in [4.78, 5) is 14.8. The highest BCUT2D eigenvalue weighted by atomic mass is 16.2. The van der Waals surface area contributed by atoms with Crippen molar-refractivity contribution in [3.05, 3.63) is 0 Å². The molecule has 0 radical (unpaired) electrons. The molecule has 0 aromatic heterocycles. The molecule has 4 heteroatoms. The van der Waals surface area contributed by atoms with E-state index in [1.54, 1.807) is 0 Å². The van der Waals surface area contributed by atoms with Crippen LogP contribution < -0.4 is 11.1 Å². The Kier molecular flexibility index (Phi) is 5.39. The van der Waals surface area contributed by atoms with Crippen molar-refractivity contribution in [3.63, 3.8) is 0 Å². The van der Waals surface area contributed by atoms with E-state index >= 15 is 0 Å². The summed E-state index contributed by atoms with van der Waals surface area (Å²) in [7, 11) is 0. The minimum Gasteiger partial charge on any atom is -0.354 e. The number of likely N-dealkylation sites (tertiary alicyclic amines) is 1. The SMILES string of the molecule is CC(CNC(=O)C(C)(C)C(C)(C)N)N1CCCCC1. The standard InChI is InChI=1S/C15H31N3O/c1-12(18-9-7-6-8-10-18)11-17-13(19)14(2,3)15(4,5)16/h12H,6-11,16H2,1-5H3,(H,17,19). The van der Waals surface area contributed by atoms with E-state index in [0.717, 1.165) is 13.1 Å². The van der Waals surface area contributed by atoms with E-state index in [0.29, 0.717) is 12.6 Å². The van der Waals surface area contributed by atoms with Gasteiger partial charge in [0.1, 0.15) is 0 Å². The van der Waals surface area contributed by atoms with Crippen molar-refractivity contribution in [3.8, 4) is 0 Å². The molecule has 1 amide bonds. The molecular weight excluding hydrogens is 238 g/mol. The van der Waals surface area contributed by atoms with Gasteiger partial charge in [-0.3, -0.25) is 9.69 Å². The number of amides is 1. The van der Waals surface area contributed by atoms with Gasteiger partial charge in [-0.2, -0.15) is 0 Å². The third-order valence-electron chi connectivity index (χ3n) is 4.75. The van der Waals surface area contributed by atoms with Crippen LogP contribution in [0.25, 0.3) is 0 Å². The second-order valence-corrected chi connectivity index (χ2v) is 7.00. The van der Waals surface area contributed by atoms with Crippen molar-refractivity contribution in [2.75, 3.05) is 19.6 Å². The van der Waals surface area contributed by atoms with Gasteiger partial charge < -0.3 is 11.1 Å². The number of hydrogen-bond donors (Lipinski definition) is 2. The third-order valence-corrected chi connectivity index (χ3v) is 4.75. The van der Waals surface area contributed by atoms with E-state index in [2.05, 4.69) is 17.1 Å². The van der Waals surface area contributed by atoms with Crippen molar-refractivity contribution < 1.29 is 4.79 Å². The summed E-state index contributed by atoms with van der Waals surface area (Å²) in [6, 6.07) is 0.404. The molecule has 1 atom stereocenters. The Hall–Kier alpha value is -0.610. The van der Waals surface area contributed by atoms with Crippen LogP contribution in [0.3, 0.4) is 0 Å². The molecule has 1 heterocycles. The largest absolute Gasteiger partial charge is 0.354 e. The molecule has 1 unspecified atom stereocenters. The highest BCUT2D eigenvalue weighted by molar-refractivity contribution is 5.83. The zero-order chi connectivity index (χ0) is 14.7. The van der Waals surface area contributed by atoms with Crippen LogP contribution in [-0.4, -0.2) is 42.0 Å². The average molecular weight is 269 g/mol. The van der Waals surface area contributed by atoms with Crippen LogP contribution in [0.15, 0.2) is 0 Å². The van der Waals surface area contributed by atoms with Crippen molar-refractivity contribution >= 4 is 5.91 Å². The molecule has 0 aliphatic carbocycles. The topological polar surface area (TPSA) is 58.4 Å². The summed E-state index contributed by atoms with van der Waals surface area (Å²) in [5.41, 5.74) is 5.01. The molecule has 0 spiro atoms. The number of piperidine rings is 1. The molecule has 4 nitrogen and oxygen atoms in total. The lowest BCUT2D eigenvalue weighted by Gasteiger charge is -2.38. The van der Waals surface area contributed by atoms with Crippen LogP contribution in [0.5, 0.6) is 0 Å². The van der Waals surface area contributed by atoms with Gasteiger partial charge >= 0.3 is 0 Å². The summed E-state index contributed by atoms with van der Waals surface area (Å²) in [6.45, 7) is 12.8. The summed E-state index contributed by atoms with van der Waals surface area (Å²) in [5, 5.41) is 3.07. The van der Waals surface area contributed by atoms with E-state index in [4.69, 9.17) is 5.73 Å². The minimum absolute atomic E-state index is 0.0452. The lowest BCUT2D eigenvalue weighted by atomic mass is 9.74. The predicted octanol–water partition coefficient (Wildman–Crippen LogP) is 1.74. The van der Waals surface area contributed by atoms with Crippen LogP contribution in [-0.2, 0) is 4.79 Å². The molecule has 1 saturated heterocycles. The number of nitrogens with zero attached hydrogens (tertiary/aromatic N) is 1. The molecule has 1 aliphatic heterocycles. The number of rotatable bonds is 5. The maximum Gasteiger partial charge on any atom is 0.227 e. The quantitative estimate of drug-likeness (QED) is 0.799. The molecule has 0 aromatic rings. The number of hydrogen-bond acceptors (Lipinski definition) is 3. The first-order chi connectivity index (χ1) is 8.66. The Morgan fingerprint density at radius 2 is 1.74 bits per heavy atom. The molecule has 19 heavy (non-hydrogen) atoms. The fourth-order valence-corrected chi connectivity index (χ4v) is 2.24. The van der Waals surface area contributed by atoms with E-state index in [1.807, 2.05) is 27.7 Å². The van der Waals surface area contributed by atoms with Crippen molar-refractivity contribution in [2.45, 2.75) is 65.5 Å². The monoisotopic (exact) mass is 269 g/mol. The van der Waals surface area contributed by atoms with Gasteiger partial charge in [-0.1, -0.05) is 6.42 Å². The van der Waals surface area contributed by atoms with E-state index in [9.17, 15) is 4.79 Å². The highest BCUT2D eigenvalue weighted by Gasteiger charge is 2.40. The van der Waals surface area contributed by atoms with Crippen LogP contribution in [0.1, 0.15) is 53.9 Å². The predicted molar refractivity (Wildman–Crippen MR) is 79.9 cm³/mol. The Bertz CT molecular complexity index is 301. The molecule has 0 saturated carbocycles. The molecule has 1 aliphatic rings. The first-order valence-corrected chi connectivity index (χ1v) is 7.47. The van der Waals surface area contributed by atoms with Gasteiger partial charge in [-0.05, 0) is 60.5 Å². The summed E-state index contributed by atoms with van der Waals surface area (Å²) in [5.74, 6) is 0.0452. The van der Waals surface area contributed by atoms with Gasteiger partial charge in [0, 0.05) is 18.1 Å². The second-order valence-electron chi connectivity index (χ2n) is 7.00. The molecule has 1 fully saturated rings. The van der Waals surface area contributed by atoms with Crippen molar-refractivity contribution in [1.29, 1.82) is 0 Å². The fraction of sp³-hybridized carbons (Fsp3) is 0.933. The van der Waals surface area contributed by atoms with Gasteiger partial charge in [-0.25, -0.2) is 0 Å². The summed E-state index contributed by atoms with van der Waals surface area (Å²) < 4.78 is 0. The van der Waals surface area contributed by atoms with E-state index in [1.165, 1.54) is 19.3 Å². The highest BCUT2D eigenvalue weighted by Crippen LogP contribution is 2.28. The number of carbonyl (C=O) groups is 1. The fourth-order valence-electron chi connectivity index (χ4n) is 2.24. The van der Waals surface area contributed by atoms with E-state index < -0.39 is 11.0 Å². The normalized spacial score (nSPS) is 20.1. The van der Waals surface area contributed by atoms with Crippen LogP contribution >= 0.6 is 0 Å². The van der Waals surface area contributed by atoms with Gasteiger partial charge in [0.05, 0.1) is 5.41 Å². The molecule has 3 N–H and O–H groups in total. The summed E-state index contributed by atoms with van der Waals surface area (Å²) >= 11 is 0. The number of nitrogens with two attached hydrogens (primary N) is 1. The maximum atomic E-state index is 12.3. The maximum absolute atomic E-state index is 12.3. The zero-order valence-corrected chi connectivity index (χ0v) is 13.3. The van der Waals surface area contributed by atoms with Crippen molar-refractivity contribution in [2.24, 2.45) is 11.1 Å².